The zero-order valence-electron chi connectivity index (χ0n) is 20.7. The molecule has 0 saturated heterocycles. The fourth-order valence-electron chi connectivity index (χ4n) is 4.03. The van der Waals surface area contributed by atoms with Crippen molar-refractivity contribution in [2.75, 3.05) is 0 Å². The molecule has 0 aliphatic heterocycles. The van der Waals surface area contributed by atoms with Gasteiger partial charge < -0.3 is 0 Å². The van der Waals surface area contributed by atoms with Gasteiger partial charge in [-0.25, -0.2) is 0 Å². The van der Waals surface area contributed by atoms with Crippen molar-refractivity contribution in [2.24, 2.45) is 0 Å². The maximum atomic E-state index is 4.63. The van der Waals surface area contributed by atoms with Gasteiger partial charge in [0.2, 0.25) is 0 Å². The van der Waals surface area contributed by atoms with Gasteiger partial charge in [0.25, 0.3) is 0 Å². The summed E-state index contributed by atoms with van der Waals surface area (Å²) < 4.78 is 2.20. The standard InChI is InChI=1S/C29H33N3S/c1-19-13-14-25(17-20(19)2)32-27(23-11-9-8-10-12-23)30-31-28(32)33-18-26-21(3)15-24(16-22(26)4)29(5,6)7/h8-17H,18H2,1-7H3. The molecule has 4 aromatic rings. The van der Waals surface area contributed by atoms with Crippen LogP contribution in [0.4, 0.5) is 0 Å². The van der Waals surface area contributed by atoms with E-state index in [1.54, 1.807) is 11.8 Å². The molecule has 33 heavy (non-hydrogen) atoms. The smallest absolute Gasteiger partial charge is 0.196 e. The second-order valence-corrected chi connectivity index (χ2v) is 10.8. The van der Waals surface area contributed by atoms with Crippen molar-refractivity contribution in [3.63, 3.8) is 0 Å². The van der Waals surface area contributed by atoms with E-state index in [-0.39, 0.29) is 5.41 Å². The minimum absolute atomic E-state index is 0.148. The SMILES string of the molecule is Cc1ccc(-n2c(SCc3c(C)cc(C(C)(C)C)cc3C)nnc2-c2ccccc2)cc1C. The van der Waals surface area contributed by atoms with Crippen molar-refractivity contribution in [3.8, 4) is 17.1 Å². The predicted octanol–water partition coefficient (Wildman–Crippen LogP) is 7.76. The van der Waals surface area contributed by atoms with Gasteiger partial charge in [0.15, 0.2) is 11.0 Å². The van der Waals surface area contributed by atoms with Crippen molar-refractivity contribution in [3.05, 3.63) is 94.0 Å². The maximum absolute atomic E-state index is 4.63. The molecule has 1 aromatic heterocycles. The van der Waals surface area contributed by atoms with Crippen LogP contribution in [0.15, 0.2) is 65.8 Å². The van der Waals surface area contributed by atoms with E-state index in [0.717, 1.165) is 28.0 Å². The molecule has 0 amide bonds. The molecule has 0 bridgehead atoms. The van der Waals surface area contributed by atoms with Crippen LogP contribution in [0.5, 0.6) is 0 Å². The summed E-state index contributed by atoms with van der Waals surface area (Å²) in [5, 5.41) is 10.2. The molecule has 0 saturated carbocycles. The van der Waals surface area contributed by atoms with Crippen LogP contribution in [0.2, 0.25) is 0 Å². The average molecular weight is 456 g/mol. The molecule has 1 heterocycles. The fraction of sp³-hybridized carbons (Fsp3) is 0.310. The molecule has 3 aromatic carbocycles. The third-order valence-corrected chi connectivity index (χ3v) is 7.28. The highest BCUT2D eigenvalue weighted by molar-refractivity contribution is 7.98. The number of hydrogen-bond donors (Lipinski definition) is 0. The van der Waals surface area contributed by atoms with E-state index in [1.807, 2.05) is 18.2 Å². The number of hydrogen-bond acceptors (Lipinski definition) is 3. The highest BCUT2D eigenvalue weighted by Crippen LogP contribution is 2.33. The van der Waals surface area contributed by atoms with E-state index in [2.05, 4.69) is 106 Å². The lowest BCUT2D eigenvalue weighted by molar-refractivity contribution is 0.589. The Kier molecular flexibility index (Phi) is 6.49. The first-order valence-corrected chi connectivity index (χ1v) is 12.5. The summed E-state index contributed by atoms with van der Waals surface area (Å²) in [6.45, 7) is 15.6. The Bertz CT molecular complexity index is 1260. The summed E-state index contributed by atoms with van der Waals surface area (Å²) in [6, 6.07) is 21.6. The third-order valence-electron chi connectivity index (χ3n) is 6.32. The Morgan fingerprint density at radius 2 is 1.42 bits per heavy atom. The average Bonchev–Trinajstić information content (AvgIpc) is 3.19. The first kappa shape index (κ1) is 23.3. The molecule has 4 rings (SSSR count). The lowest BCUT2D eigenvalue weighted by atomic mass is 9.84. The number of benzene rings is 3. The Labute approximate surface area is 202 Å². The fourth-order valence-corrected chi connectivity index (χ4v) is 5.17. The Morgan fingerprint density at radius 3 is 2.03 bits per heavy atom. The summed E-state index contributed by atoms with van der Waals surface area (Å²) in [7, 11) is 0. The minimum Gasteiger partial charge on any atom is -0.270 e. The van der Waals surface area contributed by atoms with E-state index in [0.29, 0.717) is 0 Å². The van der Waals surface area contributed by atoms with Gasteiger partial charge >= 0.3 is 0 Å². The van der Waals surface area contributed by atoms with Gasteiger partial charge in [-0.3, -0.25) is 4.57 Å². The molecule has 0 spiro atoms. The van der Waals surface area contributed by atoms with Crippen LogP contribution in [0.1, 0.15) is 54.2 Å². The molecule has 0 radical (unpaired) electrons. The number of rotatable bonds is 5. The van der Waals surface area contributed by atoms with Crippen molar-refractivity contribution in [1.29, 1.82) is 0 Å². The first-order chi connectivity index (χ1) is 15.6. The van der Waals surface area contributed by atoms with E-state index in [4.69, 9.17) is 0 Å². The number of thioether (sulfide) groups is 1. The summed E-state index contributed by atoms with van der Waals surface area (Å²) in [5.41, 5.74) is 10.3. The highest BCUT2D eigenvalue weighted by atomic mass is 32.2. The Balaban J connectivity index is 1.73. The number of aromatic nitrogens is 3. The summed E-state index contributed by atoms with van der Waals surface area (Å²) in [5.74, 6) is 1.73. The topological polar surface area (TPSA) is 30.7 Å². The van der Waals surface area contributed by atoms with Crippen LogP contribution in [0.25, 0.3) is 17.1 Å². The van der Waals surface area contributed by atoms with Gasteiger partial charge in [0.05, 0.1) is 5.69 Å². The molecule has 3 nitrogen and oxygen atoms in total. The van der Waals surface area contributed by atoms with E-state index in [9.17, 15) is 0 Å². The number of aryl methyl sites for hydroxylation is 4. The molecular weight excluding hydrogens is 422 g/mol. The predicted molar refractivity (Wildman–Crippen MR) is 140 cm³/mol. The van der Waals surface area contributed by atoms with Gasteiger partial charge in [0, 0.05) is 11.3 Å². The Morgan fingerprint density at radius 1 is 0.758 bits per heavy atom. The van der Waals surface area contributed by atoms with Crippen LogP contribution in [-0.4, -0.2) is 14.8 Å². The zero-order valence-corrected chi connectivity index (χ0v) is 21.5. The van der Waals surface area contributed by atoms with E-state index in [1.165, 1.54) is 33.4 Å². The van der Waals surface area contributed by atoms with Crippen LogP contribution in [-0.2, 0) is 11.2 Å². The molecule has 170 valence electrons. The zero-order chi connectivity index (χ0) is 23.8. The van der Waals surface area contributed by atoms with Gasteiger partial charge in [-0.05, 0) is 78.6 Å². The largest absolute Gasteiger partial charge is 0.270 e. The van der Waals surface area contributed by atoms with Crippen molar-refractivity contribution < 1.29 is 0 Å². The van der Waals surface area contributed by atoms with Crippen molar-refractivity contribution in [2.45, 2.75) is 64.8 Å². The van der Waals surface area contributed by atoms with Crippen LogP contribution in [0, 0.1) is 27.7 Å². The number of nitrogens with zero attached hydrogens (tertiary/aromatic N) is 3. The second-order valence-electron chi connectivity index (χ2n) is 9.90. The summed E-state index contributed by atoms with van der Waals surface area (Å²) in [6.07, 6.45) is 0. The van der Waals surface area contributed by atoms with Crippen LogP contribution in [0.3, 0.4) is 0 Å². The van der Waals surface area contributed by atoms with Crippen LogP contribution < -0.4 is 0 Å². The Hall–Kier alpha value is -2.85. The normalized spacial score (nSPS) is 11.7. The summed E-state index contributed by atoms with van der Waals surface area (Å²) >= 11 is 1.75. The molecule has 0 fully saturated rings. The van der Waals surface area contributed by atoms with E-state index < -0.39 is 0 Å². The van der Waals surface area contributed by atoms with Gasteiger partial charge in [-0.1, -0.05) is 81.1 Å². The van der Waals surface area contributed by atoms with Gasteiger partial charge in [0.1, 0.15) is 0 Å². The summed E-state index contributed by atoms with van der Waals surface area (Å²) in [4.78, 5) is 0. The van der Waals surface area contributed by atoms with Gasteiger partial charge in [-0.15, -0.1) is 10.2 Å². The highest BCUT2D eigenvalue weighted by Gasteiger charge is 2.19. The third kappa shape index (κ3) is 4.91. The minimum atomic E-state index is 0.148. The molecule has 0 atom stereocenters. The monoisotopic (exact) mass is 455 g/mol. The second kappa shape index (κ2) is 9.18. The van der Waals surface area contributed by atoms with Crippen LogP contribution >= 0.6 is 11.8 Å². The van der Waals surface area contributed by atoms with Crippen molar-refractivity contribution >= 4 is 11.8 Å². The molecule has 0 aliphatic carbocycles. The lowest BCUT2D eigenvalue weighted by Gasteiger charge is -2.22. The quantitative estimate of drug-likeness (QED) is 0.288. The molecule has 4 heteroatoms. The van der Waals surface area contributed by atoms with E-state index >= 15 is 0 Å². The molecular formula is C29H33N3S. The first-order valence-electron chi connectivity index (χ1n) is 11.5. The molecule has 0 unspecified atom stereocenters. The van der Waals surface area contributed by atoms with Gasteiger partial charge in [-0.2, -0.15) is 0 Å². The maximum Gasteiger partial charge on any atom is 0.196 e. The molecule has 0 aliphatic rings. The molecule has 0 N–H and O–H groups in total. The lowest BCUT2D eigenvalue weighted by Crippen LogP contribution is -2.12. The van der Waals surface area contributed by atoms with Crippen molar-refractivity contribution in [1.82, 2.24) is 14.8 Å².